The molecule has 0 aliphatic carbocycles. The van der Waals surface area contributed by atoms with Crippen LogP contribution in [-0.4, -0.2) is 11.7 Å². The van der Waals surface area contributed by atoms with E-state index < -0.39 is 5.82 Å². The van der Waals surface area contributed by atoms with Crippen molar-refractivity contribution in [3.05, 3.63) is 59.9 Å². The van der Waals surface area contributed by atoms with Gasteiger partial charge in [-0.3, -0.25) is 4.79 Å². The predicted molar refractivity (Wildman–Crippen MR) is 86.7 cm³/mol. The summed E-state index contributed by atoms with van der Waals surface area (Å²) in [5.41, 5.74) is 7.57. The quantitative estimate of drug-likeness (QED) is 0.632. The SMILES string of the molecule is Nc1cc(F)ccc1NC(=O)CCSCc1ccccc1. The third-order valence-corrected chi connectivity index (χ3v) is 3.90. The van der Waals surface area contributed by atoms with Crippen LogP contribution in [0.3, 0.4) is 0 Å². The van der Waals surface area contributed by atoms with Gasteiger partial charge in [-0.2, -0.15) is 11.8 Å². The number of nitrogen functional groups attached to an aromatic ring is 1. The molecule has 5 heteroatoms. The largest absolute Gasteiger partial charge is 0.397 e. The topological polar surface area (TPSA) is 55.1 Å². The third kappa shape index (κ3) is 5.11. The van der Waals surface area contributed by atoms with Crippen LogP contribution in [0.5, 0.6) is 0 Å². The Balaban J connectivity index is 1.72. The molecule has 2 aromatic carbocycles. The summed E-state index contributed by atoms with van der Waals surface area (Å²) in [5.74, 6) is 1.08. The lowest BCUT2D eigenvalue weighted by Crippen LogP contribution is -2.13. The van der Waals surface area contributed by atoms with E-state index in [0.29, 0.717) is 12.1 Å². The zero-order valence-corrected chi connectivity index (χ0v) is 12.3. The average molecular weight is 304 g/mol. The Hall–Kier alpha value is -2.01. The molecule has 21 heavy (non-hydrogen) atoms. The van der Waals surface area contributed by atoms with Gasteiger partial charge in [0.05, 0.1) is 11.4 Å². The molecule has 3 nitrogen and oxygen atoms in total. The van der Waals surface area contributed by atoms with Crippen molar-refractivity contribution in [3.8, 4) is 0 Å². The number of hydrogen-bond donors (Lipinski definition) is 2. The molecule has 0 spiro atoms. The summed E-state index contributed by atoms with van der Waals surface area (Å²) < 4.78 is 12.9. The van der Waals surface area contributed by atoms with Gasteiger partial charge in [-0.05, 0) is 23.8 Å². The highest BCUT2D eigenvalue weighted by Crippen LogP contribution is 2.19. The maximum Gasteiger partial charge on any atom is 0.225 e. The Morgan fingerprint density at radius 3 is 2.67 bits per heavy atom. The van der Waals surface area contributed by atoms with Gasteiger partial charge in [0.25, 0.3) is 0 Å². The van der Waals surface area contributed by atoms with Crippen molar-refractivity contribution in [1.29, 1.82) is 0 Å². The molecule has 0 fully saturated rings. The number of amides is 1. The van der Waals surface area contributed by atoms with E-state index in [1.165, 1.54) is 23.8 Å². The summed E-state index contributed by atoms with van der Waals surface area (Å²) >= 11 is 1.70. The Kier molecular flexibility index (Phi) is 5.63. The lowest BCUT2D eigenvalue weighted by atomic mass is 10.2. The first-order valence-corrected chi connectivity index (χ1v) is 7.77. The van der Waals surface area contributed by atoms with Gasteiger partial charge >= 0.3 is 0 Å². The molecular weight excluding hydrogens is 287 g/mol. The molecule has 110 valence electrons. The minimum absolute atomic E-state index is 0.117. The smallest absolute Gasteiger partial charge is 0.225 e. The van der Waals surface area contributed by atoms with Crippen molar-refractivity contribution < 1.29 is 9.18 Å². The number of carbonyl (C=O) groups is 1. The maximum atomic E-state index is 12.9. The second-order valence-electron chi connectivity index (χ2n) is 4.57. The number of nitrogens with one attached hydrogen (secondary N) is 1. The first-order chi connectivity index (χ1) is 10.1. The van der Waals surface area contributed by atoms with Crippen LogP contribution in [0, 0.1) is 5.82 Å². The number of nitrogens with two attached hydrogens (primary N) is 1. The summed E-state index contributed by atoms with van der Waals surface area (Å²) in [6.45, 7) is 0. The first kappa shape index (κ1) is 15.4. The summed E-state index contributed by atoms with van der Waals surface area (Å²) in [6.07, 6.45) is 0.397. The molecule has 0 atom stereocenters. The van der Waals surface area contributed by atoms with Crippen LogP contribution < -0.4 is 11.1 Å². The molecule has 0 radical (unpaired) electrons. The van der Waals surface area contributed by atoms with E-state index in [1.54, 1.807) is 11.8 Å². The van der Waals surface area contributed by atoms with E-state index in [1.807, 2.05) is 18.2 Å². The molecule has 0 bridgehead atoms. The molecule has 0 aliphatic heterocycles. The van der Waals surface area contributed by atoms with E-state index in [0.717, 1.165) is 11.5 Å². The van der Waals surface area contributed by atoms with Crippen molar-refractivity contribution in [3.63, 3.8) is 0 Å². The fraction of sp³-hybridized carbons (Fsp3) is 0.188. The van der Waals surface area contributed by atoms with Crippen LogP contribution in [0.2, 0.25) is 0 Å². The summed E-state index contributed by atoms with van der Waals surface area (Å²) in [6, 6.07) is 14.0. The van der Waals surface area contributed by atoms with E-state index in [9.17, 15) is 9.18 Å². The number of anilines is 2. The van der Waals surface area contributed by atoms with Crippen molar-refractivity contribution in [2.45, 2.75) is 12.2 Å². The van der Waals surface area contributed by atoms with E-state index in [4.69, 9.17) is 5.73 Å². The summed E-state index contributed by atoms with van der Waals surface area (Å²) in [5, 5.41) is 2.69. The molecule has 3 N–H and O–H groups in total. The van der Waals surface area contributed by atoms with Crippen molar-refractivity contribution in [1.82, 2.24) is 0 Å². The number of carbonyl (C=O) groups excluding carboxylic acids is 1. The maximum absolute atomic E-state index is 12.9. The van der Waals surface area contributed by atoms with Crippen molar-refractivity contribution in [2.24, 2.45) is 0 Å². The monoisotopic (exact) mass is 304 g/mol. The molecule has 0 aromatic heterocycles. The number of hydrogen-bond acceptors (Lipinski definition) is 3. The molecule has 0 saturated heterocycles. The highest BCUT2D eigenvalue weighted by Gasteiger charge is 2.06. The molecule has 0 unspecified atom stereocenters. The normalized spacial score (nSPS) is 10.3. The fourth-order valence-electron chi connectivity index (χ4n) is 1.79. The van der Waals surface area contributed by atoms with Crippen LogP contribution >= 0.6 is 11.8 Å². The van der Waals surface area contributed by atoms with Crippen LogP contribution in [0.4, 0.5) is 15.8 Å². The van der Waals surface area contributed by atoms with Gasteiger partial charge in [-0.1, -0.05) is 30.3 Å². The molecule has 2 aromatic rings. The molecule has 1 amide bonds. The number of thioether (sulfide) groups is 1. The van der Waals surface area contributed by atoms with Gasteiger partial charge in [-0.25, -0.2) is 4.39 Å². The average Bonchev–Trinajstić information content (AvgIpc) is 2.48. The van der Waals surface area contributed by atoms with Gasteiger partial charge in [0.1, 0.15) is 5.82 Å². The Bertz CT molecular complexity index is 604. The van der Waals surface area contributed by atoms with E-state index in [-0.39, 0.29) is 11.6 Å². The lowest BCUT2D eigenvalue weighted by molar-refractivity contribution is -0.115. The lowest BCUT2D eigenvalue weighted by Gasteiger charge is -2.08. The fourth-order valence-corrected chi connectivity index (χ4v) is 2.69. The second kappa shape index (κ2) is 7.69. The van der Waals surface area contributed by atoms with E-state index in [2.05, 4.69) is 17.4 Å². The number of benzene rings is 2. The van der Waals surface area contributed by atoms with Gasteiger partial charge in [0, 0.05) is 17.9 Å². The van der Waals surface area contributed by atoms with Gasteiger partial charge in [0.2, 0.25) is 5.91 Å². The van der Waals surface area contributed by atoms with Crippen LogP contribution in [-0.2, 0) is 10.5 Å². The Labute approximate surface area is 127 Å². The third-order valence-electron chi connectivity index (χ3n) is 2.87. The predicted octanol–water partition coefficient (Wildman–Crippen LogP) is 3.67. The molecule has 0 heterocycles. The van der Waals surface area contributed by atoms with E-state index >= 15 is 0 Å². The zero-order valence-electron chi connectivity index (χ0n) is 11.5. The summed E-state index contributed by atoms with van der Waals surface area (Å²) in [4.78, 5) is 11.8. The van der Waals surface area contributed by atoms with Crippen LogP contribution in [0.25, 0.3) is 0 Å². The minimum Gasteiger partial charge on any atom is -0.397 e. The van der Waals surface area contributed by atoms with Crippen LogP contribution in [0.1, 0.15) is 12.0 Å². The second-order valence-corrected chi connectivity index (χ2v) is 5.67. The zero-order chi connectivity index (χ0) is 15.1. The number of rotatable bonds is 6. The van der Waals surface area contributed by atoms with Gasteiger partial charge in [0.15, 0.2) is 0 Å². The number of halogens is 1. The standard InChI is InChI=1S/C16H17FN2OS/c17-13-6-7-15(14(18)10-13)19-16(20)8-9-21-11-12-4-2-1-3-5-12/h1-7,10H,8-9,11,18H2,(H,19,20). The molecule has 2 rings (SSSR count). The molecular formula is C16H17FN2OS. The minimum atomic E-state index is -0.413. The first-order valence-electron chi connectivity index (χ1n) is 6.61. The van der Waals surface area contributed by atoms with Crippen molar-refractivity contribution >= 4 is 29.0 Å². The highest BCUT2D eigenvalue weighted by atomic mass is 32.2. The van der Waals surface area contributed by atoms with Crippen molar-refractivity contribution in [2.75, 3.05) is 16.8 Å². The summed E-state index contributed by atoms with van der Waals surface area (Å²) in [7, 11) is 0. The highest BCUT2D eigenvalue weighted by molar-refractivity contribution is 7.98. The Morgan fingerprint density at radius 1 is 1.19 bits per heavy atom. The Morgan fingerprint density at radius 2 is 1.95 bits per heavy atom. The molecule has 0 saturated carbocycles. The van der Waals surface area contributed by atoms with Gasteiger partial charge in [-0.15, -0.1) is 0 Å². The van der Waals surface area contributed by atoms with Gasteiger partial charge < -0.3 is 11.1 Å². The van der Waals surface area contributed by atoms with Crippen LogP contribution in [0.15, 0.2) is 48.5 Å². The molecule has 0 aliphatic rings.